The number of nitrogens with zero attached hydrogens (tertiary/aromatic N) is 3. The normalized spacial score (nSPS) is 14.7. The lowest BCUT2D eigenvalue weighted by molar-refractivity contribution is 0.709. The topological polar surface area (TPSA) is 50.7 Å². The number of halogens is 1. The van der Waals surface area contributed by atoms with Crippen LogP contribution in [-0.2, 0) is 12.8 Å². The SMILES string of the molecule is CCNc1nc(-c2ncc(Cl)s2)nc2c1CCCCC2. The molecule has 0 saturated heterocycles. The average Bonchev–Trinajstić information content (AvgIpc) is 2.73. The van der Waals surface area contributed by atoms with Crippen LogP contribution in [0, 0.1) is 0 Å². The minimum absolute atomic E-state index is 0.670. The van der Waals surface area contributed by atoms with Crippen LogP contribution in [0.4, 0.5) is 5.82 Å². The van der Waals surface area contributed by atoms with Crippen LogP contribution in [0.2, 0.25) is 4.34 Å². The number of rotatable bonds is 3. The number of hydrogen-bond acceptors (Lipinski definition) is 5. The molecule has 2 aromatic rings. The van der Waals surface area contributed by atoms with Gasteiger partial charge in [0, 0.05) is 17.8 Å². The van der Waals surface area contributed by atoms with Gasteiger partial charge in [-0.05, 0) is 32.6 Å². The van der Waals surface area contributed by atoms with Crippen molar-refractivity contribution in [1.29, 1.82) is 0 Å². The van der Waals surface area contributed by atoms with Gasteiger partial charge in [-0.15, -0.1) is 0 Å². The maximum atomic E-state index is 5.97. The Labute approximate surface area is 127 Å². The van der Waals surface area contributed by atoms with Gasteiger partial charge in [-0.25, -0.2) is 15.0 Å². The lowest BCUT2D eigenvalue weighted by Crippen LogP contribution is -2.09. The number of aryl methyl sites for hydroxylation is 1. The lowest BCUT2D eigenvalue weighted by atomic mass is 10.1. The highest BCUT2D eigenvalue weighted by Crippen LogP contribution is 2.30. The predicted octanol–water partition coefficient (Wildman–Crippen LogP) is 3.95. The third-order valence-corrected chi connectivity index (χ3v) is 4.56. The van der Waals surface area contributed by atoms with Crippen molar-refractivity contribution in [1.82, 2.24) is 15.0 Å². The molecule has 0 unspecified atom stereocenters. The van der Waals surface area contributed by atoms with Crippen molar-refractivity contribution in [2.45, 2.75) is 39.0 Å². The zero-order chi connectivity index (χ0) is 13.9. The van der Waals surface area contributed by atoms with E-state index in [9.17, 15) is 0 Å². The summed E-state index contributed by atoms with van der Waals surface area (Å²) in [4.78, 5) is 13.7. The van der Waals surface area contributed by atoms with Crippen LogP contribution in [0.25, 0.3) is 10.8 Å². The van der Waals surface area contributed by atoms with Gasteiger partial charge in [0.15, 0.2) is 10.8 Å². The summed E-state index contributed by atoms with van der Waals surface area (Å²) in [7, 11) is 0. The van der Waals surface area contributed by atoms with Crippen molar-refractivity contribution >= 4 is 28.8 Å². The highest BCUT2D eigenvalue weighted by molar-refractivity contribution is 7.18. The first kappa shape index (κ1) is 13.8. The fourth-order valence-corrected chi connectivity index (χ4v) is 3.38. The second-order valence-corrected chi connectivity index (χ2v) is 6.54. The molecule has 2 aromatic heterocycles. The number of nitrogens with one attached hydrogen (secondary N) is 1. The smallest absolute Gasteiger partial charge is 0.190 e. The van der Waals surface area contributed by atoms with E-state index in [1.165, 1.54) is 41.9 Å². The third-order valence-electron chi connectivity index (χ3n) is 3.45. The maximum absolute atomic E-state index is 5.97. The number of thiazole rings is 1. The van der Waals surface area contributed by atoms with E-state index in [0.29, 0.717) is 10.2 Å². The summed E-state index contributed by atoms with van der Waals surface area (Å²) < 4.78 is 0.670. The molecule has 0 aromatic carbocycles. The van der Waals surface area contributed by atoms with E-state index in [0.717, 1.165) is 30.2 Å². The number of hydrogen-bond donors (Lipinski definition) is 1. The summed E-state index contributed by atoms with van der Waals surface area (Å²) in [6.45, 7) is 2.95. The molecule has 0 fully saturated rings. The monoisotopic (exact) mass is 308 g/mol. The minimum atomic E-state index is 0.670. The molecule has 0 amide bonds. The quantitative estimate of drug-likeness (QED) is 0.872. The molecule has 4 nitrogen and oxygen atoms in total. The molecule has 106 valence electrons. The Hall–Kier alpha value is -1.20. The van der Waals surface area contributed by atoms with Crippen molar-refractivity contribution in [2.75, 3.05) is 11.9 Å². The second kappa shape index (κ2) is 6.06. The predicted molar refractivity (Wildman–Crippen MR) is 83.6 cm³/mol. The highest BCUT2D eigenvalue weighted by atomic mass is 35.5. The summed E-state index contributed by atoms with van der Waals surface area (Å²) in [5.74, 6) is 1.67. The molecule has 0 spiro atoms. The van der Waals surface area contributed by atoms with Crippen molar-refractivity contribution in [3.8, 4) is 10.8 Å². The van der Waals surface area contributed by atoms with Crippen LogP contribution in [0.1, 0.15) is 37.4 Å². The maximum Gasteiger partial charge on any atom is 0.190 e. The van der Waals surface area contributed by atoms with E-state index in [1.807, 2.05) is 0 Å². The van der Waals surface area contributed by atoms with Gasteiger partial charge in [0.1, 0.15) is 10.2 Å². The Balaban J connectivity index is 2.08. The van der Waals surface area contributed by atoms with Crippen LogP contribution >= 0.6 is 22.9 Å². The van der Waals surface area contributed by atoms with E-state index in [1.54, 1.807) is 6.20 Å². The summed E-state index contributed by atoms with van der Waals surface area (Å²) in [6, 6.07) is 0. The molecule has 20 heavy (non-hydrogen) atoms. The first-order valence-electron chi connectivity index (χ1n) is 7.03. The largest absolute Gasteiger partial charge is 0.370 e. The minimum Gasteiger partial charge on any atom is -0.370 e. The first-order chi connectivity index (χ1) is 9.78. The number of anilines is 1. The van der Waals surface area contributed by atoms with Gasteiger partial charge in [-0.3, -0.25) is 0 Å². The van der Waals surface area contributed by atoms with Crippen LogP contribution in [0.5, 0.6) is 0 Å². The number of fused-ring (bicyclic) bond motifs is 1. The standard InChI is InChI=1S/C14H17ClN4S/c1-2-16-12-9-6-4-3-5-7-10(9)18-13(19-12)14-17-8-11(15)20-14/h8H,2-7H2,1H3,(H,16,18,19). The van der Waals surface area contributed by atoms with Gasteiger partial charge in [0.25, 0.3) is 0 Å². The zero-order valence-electron chi connectivity index (χ0n) is 11.4. The molecule has 1 aliphatic rings. The van der Waals surface area contributed by atoms with Crippen molar-refractivity contribution in [2.24, 2.45) is 0 Å². The van der Waals surface area contributed by atoms with E-state index >= 15 is 0 Å². The van der Waals surface area contributed by atoms with Gasteiger partial charge in [-0.1, -0.05) is 29.4 Å². The molecule has 2 heterocycles. The van der Waals surface area contributed by atoms with Gasteiger partial charge >= 0.3 is 0 Å². The molecular formula is C14H17ClN4S. The molecule has 0 aliphatic heterocycles. The van der Waals surface area contributed by atoms with Crippen molar-refractivity contribution in [3.05, 3.63) is 21.8 Å². The van der Waals surface area contributed by atoms with Crippen LogP contribution in [0.15, 0.2) is 6.20 Å². The van der Waals surface area contributed by atoms with Crippen LogP contribution in [0.3, 0.4) is 0 Å². The lowest BCUT2D eigenvalue weighted by Gasteiger charge is -2.13. The Kier molecular flexibility index (Phi) is 4.17. The van der Waals surface area contributed by atoms with Crippen LogP contribution < -0.4 is 5.32 Å². The van der Waals surface area contributed by atoms with Gasteiger partial charge in [0.2, 0.25) is 0 Å². The molecule has 6 heteroatoms. The molecule has 1 aliphatic carbocycles. The Bertz CT molecular complexity index is 611. The third kappa shape index (κ3) is 2.79. The summed E-state index contributed by atoms with van der Waals surface area (Å²) in [6.07, 6.45) is 7.44. The van der Waals surface area contributed by atoms with E-state index in [4.69, 9.17) is 16.6 Å². The Morgan fingerprint density at radius 2 is 2.10 bits per heavy atom. The van der Waals surface area contributed by atoms with Gasteiger partial charge < -0.3 is 5.32 Å². The van der Waals surface area contributed by atoms with E-state index in [-0.39, 0.29) is 0 Å². The van der Waals surface area contributed by atoms with E-state index < -0.39 is 0 Å². The Morgan fingerprint density at radius 3 is 2.85 bits per heavy atom. The molecule has 0 saturated carbocycles. The summed E-state index contributed by atoms with van der Waals surface area (Å²) in [5.41, 5.74) is 2.46. The van der Waals surface area contributed by atoms with Crippen LogP contribution in [-0.4, -0.2) is 21.5 Å². The summed E-state index contributed by atoms with van der Waals surface area (Å²) >= 11 is 7.39. The van der Waals surface area contributed by atoms with E-state index in [2.05, 4.69) is 22.2 Å². The van der Waals surface area contributed by atoms with Gasteiger partial charge in [-0.2, -0.15) is 0 Å². The molecule has 0 bridgehead atoms. The zero-order valence-corrected chi connectivity index (χ0v) is 13.0. The fourth-order valence-electron chi connectivity index (χ4n) is 2.54. The van der Waals surface area contributed by atoms with Crippen molar-refractivity contribution < 1.29 is 0 Å². The fraction of sp³-hybridized carbons (Fsp3) is 0.500. The first-order valence-corrected chi connectivity index (χ1v) is 8.22. The van der Waals surface area contributed by atoms with Crippen molar-refractivity contribution in [3.63, 3.8) is 0 Å². The van der Waals surface area contributed by atoms with Gasteiger partial charge in [0.05, 0.1) is 6.20 Å². The summed E-state index contributed by atoms with van der Waals surface area (Å²) in [5, 5.41) is 4.17. The number of aromatic nitrogens is 3. The second-order valence-electron chi connectivity index (χ2n) is 4.88. The highest BCUT2D eigenvalue weighted by Gasteiger charge is 2.18. The molecule has 0 atom stereocenters. The molecule has 0 radical (unpaired) electrons. The molecule has 3 rings (SSSR count). The molecule has 1 N–H and O–H groups in total. The Morgan fingerprint density at radius 1 is 1.25 bits per heavy atom. The average molecular weight is 309 g/mol. The molecular weight excluding hydrogens is 292 g/mol.